The van der Waals surface area contributed by atoms with Crippen molar-refractivity contribution in [3.05, 3.63) is 58.4 Å². The maximum Gasteiger partial charge on any atom is 0.232 e. The molecule has 1 atom stereocenters. The quantitative estimate of drug-likeness (QED) is 0.602. The van der Waals surface area contributed by atoms with Crippen LogP contribution in [0.15, 0.2) is 36.4 Å². The number of hydrogen-bond acceptors (Lipinski definition) is 4. The Kier molecular flexibility index (Phi) is 4.72. The Morgan fingerprint density at radius 2 is 2.19 bits per heavy atom. The number of nitrogens with one attached hydrogen (secondary N) is 1. The van der Waals surface area contributed by atoms with Gasteiger partial charge in [-0.2, -0.15) is 0 Å². The molecule has 4 rings (SSSR count). The van der Waals surface area contributed by atoms with E-state index in [1.165, 1.54) is 23.5 Å². The number of benzene rings is 2. The standard InChI is InChI=1S/C19H17BClFN2OS/c1-11-2-4-15(21)14(8-11)18(25)20-7-6-13(10-20)23-19-24-16-5-3-12(22)9-17(16)26-19/h2-5,8-9,13H,6-7,10H2,1H3,(H,23,24). The van der Waals surface area contributed by atoms with Crippen molar-refractivity contribution in [1.29, 1.82) is 0 Å². The molecule has 1 unspecified atom stereocenters. The van der Waals surface area contributed by atoms with Crippen LogP contribution >= 0.6 is 22.9 Å². The molecule has 1 saturated heterocycles. The van der Waals surface area contributed by atoms with Crippen molar-refractivity contribution >= 4 is 50.7 Å². The molecule has 0 aliphatic carbocycles. The molecule has 132 valence electrons. The molecule has 1 aliphatic heterocycles. The van der Waals surface area contributed by atoms with Gasteiger partial charge in [0.05, 0.1) is 15.2 Å². The van der Waals surface area contributed by atoms with E-state index in [2.05, 4.69) is 10.3 Å². The number of nitrogens with zero attached hydrogens (tertiary/aromatic N) is 1. The fourth-order valence-electron chi connectivity index (χ4n) is 3.53. The number of carbonyl (C=O) groups is 1. The predicted molar refractivity (Wildman–Crippen MR) is 107 cm³/mol. The minimum atomic E-state index is -0.255. The number of aromatic nitrogens is 1. The minimum absolute atomic E-state index is 0.0291. The van der Waals surface area contributed by atoms with Crippen molar-refractivity contribution in [2.24, 2.45) is 0 Å². The molecule has 0 spiro atoms. The topological polar surface area (TPSA) is 42.0 Å². The lowest BCUT2D eigenvalue weighted by atomic mass is 9.44. The Balaban J connectivity index is 1.46. The summed E-state index contributed by atoms with van der Waals surface area (Å²) in [6.07, 6.45) is 2.50. The molecule has 26 heavy (non-hydrogen) atoms. The zero-order valence-corrected chi connectivity index (χ0v) is 15.8. The maximum atomic E-state index is 13.3. The van der Waals surface area contributed by atoms with Gasteiger partial charge in [0.2, 0.25) is 6.71 Å². The Hall–Kier alpha value is -1.92. The molecule has 7 heteroatoms. The van der Waals surface area contributed by atoms with Crippen molar-refractivity contribution < 1.29 is 9.18 Å². The number of hydrogen-bond donors (Lipinski definition) is 1. The summed E-state index contributed by atoms with van der Waals surface area (Å²) in [6, 6.07) is 10.4. The first-order chi connectivity index (χ1) is 12.5. The molecular weight excluding hydrogens is 370 g/mol. The molecule has 3 nitrogen and oxygen atoms in total. The van der Waals surface area contributed by atoms with Gasteiger partial charge in [0.25, 0.3) is 0 Å². The third-order valence-electron chi connectivity index (χ3n) is 4.87. The highest BCUT2D eigenvalue weighted by Crippen LogP contribution is 2.32. The van der Waals surface area contributed by atoms with Gasteiger partial charge in [-0.25, -0.2) is 9.37 Å². The van der Waals surface area contributed by atoms with E-state index in [-0.39, 0.29) is 24.3 Å². The van der Waals surface area contributed by atoms with Crippen LogP contribution in [-0.4, -0.2) is 23.4 Å². The number of rotatable bonds is 4. The number of thiazole rings is 1. The molecule has 0 amide bonds. The van der Waals surface area contributed by atoms with E-state index in [4.69, 9.17) is 11.6 Å². The number of carbonyl (C=O) groups excluding carboxylic acids is 1. The van der Waals surface area contributed by atoms with E-state index in [0.717, 1.165) is 40.0 Å². The Morgan fingerprint density at radius 3 is 3.04 bits per heavy atom. The van der Waals surface area contributed by atoms with Crippen LogP contribution < -0.4 is 5.32 Å². The zero-order valence-electron chi connectivity index (χ0n) is 14.3. The fourth-order valence-corrected chi connectivity index (χ4v) is 4.71. The largest absolute Gasteiger partial charge is 0.359 e. The lowest BCUT2D eigenvalue weighted by Gasteiger charge is -2.11. The van der Waals surface area contributed by atoms with E-state index in [1.54, 1.807) is 12.1 Å². The number of anilines is 1. The Bertz CT molecular complexity index is 993. The number of aryl methyl sites for hydroxylation is 1. The SMILES string of the molecule is Cc1ccc(Cl)c(C(=O)B2CCC(Nc3nc4ccc(F)cc4s3)C2)c1. The molecule has 1 aromatic heterocycles. The van der Waals surface area contributed by atoms with E-state index in [1.807, 2.05) is 19.1 Å². The molecule has 1 N–H and O–H groups in total. The van der Waals surface area contributed by atoms with Gasteiger partial charge in [-0.1, -0.05) is 40.9 Å². The first-order valence-corrected chi connectivity index (χ1v) is 9.82. The van der Waals surface area contributed by atoms with Crippen LogP contribution in [0.25, 0.3) is 10.2 Å². The van der Waals surface area contributed by atoms with Crippen molar-refractivity contribution in [3.63, 3.8) is 0 Å². The van der Waals surface area contributed by atoms with Gasteiger partial charge in [0.1, 0.15) is 11.5 Å². The highest BCUT2D eigenvalue weighted by atomic mass is 35.5. The maximum absolute atomic E-state index is 13.3. The first kappa shape index (κ1) is 17.5. The Labute approximate surface area is 160 Å². The van der Waals surface area contributed by atoms with Crippen molar-refractivity contribution in [2.45, 2.75) is 32.0 Å². The second kappa shape index (κ2) is 7.01. The average molecular weight is 387 g/mol. The minimum Gasteiger partial charge on any atom is -0.359 e. The lowest BCUT2D eigenvalue weighted by Crippen LogP contribution is -2.25. The Morgan fingerprint density at radius 1 is 1.35 bits per heavy atom. The molecule has 3 aromatic rings. The molecule has 1 aliphatic rings. The summed E-state index contributed by atoms with van der Waals surface area (Å²) in [7, 11) is 0. The fraction of sp³-hybridized carbons (Fsp3) is 0.263. The summed E-state index contributed by atoms with van der Waals surface area (Å²) < 4.78 is 14.1. The summed E-state index contributed by atoms with van der Waals surface area (Å²) in [6.45, 7) is 1.93. The summed E-state index contributed by atoms with van der Waals surface area (Å²) in [5, 5.41) is 4.71. The van der Waals surface area contributed by atoms with Crippen LogP contribution in [0, 0.1) is 12.7 Å². The van der Waals surface area contributed by atoms with Gasteiger partial charge >= 0.3 is 0 Å². The molecule has 1 fully saturated rings. The van der Waals surface area contributed by atoms with Crippen LogP contribution in [0.5, 0.6) is 0 Å². The smallest absolute Gasteiger partial charge is 0.232 e. The molecule has 0 saturated carbocycles. The van der Waals surface area contributed by atoms with Crippen LogP contribution in [-0.2, 0) is 0 Å². The van der Waals surface area contributed by atoms with Crippen LogP contribution in [0.4, 0.5) is 9.52 Å². The summed E-state index contributed by atoms with van der Waals surface area (Å²) in [5.74, 6) is -0.255. The lowest BCUT2D eigenvalue weighted by molar-refractivity contribution is 0.107. The van der Waals surface area contributed by atoms with E-state index < -0.39 is 0 Å². The van der Waals surface area contributed by atoms with E-state index >= 15 is 0 Å². The molecular formula is C19H17BClFN2OS. The molecule has 2 aromatic carbocycles. The third kappa shape index (κ3) is 3.48. The normalized spacial score (nSPS) is 17.0. The van der Waals surface area contributed by atoms with Gasteiger partial charge in [0.15, 0.2) is 5.13 Å². The van der Waals surface area contributed by atoms with Crippen LogP contribution in [0.2, 0.25) is 17.7 Å². The van der Waals surface area contributed by atoms with Gasteiger partial charge in [-0.15, -0.1) is 0 Å². The van der Waals surface area contributed by atoms with Gasteiger partial charge in [-0.05, 0) is 50.0 Å². The average Bonchev–Trinajstić information content (AvgIpc) is 3.22. The van der Waals surface area contributed by atoms with E-state index in [9.17, 15) is 9.18 Å². The van der Waals surface area contributed by atoms with E-state index in [0.29, 0.717) is 10.6 Å². The molecule has 2 heterocycles. The van der Waals surface area contributed by atoms with Gasteiger partial charge in [0, 0.05) is 11.6 Å². The summed E-state index contributed by atoms with van der Waals surface area (Å²) >= 11 is 7.66. The highest BCUT2D eigenvalue weighted by Gasteiger charge is 2.35. The third-order valence-corrected chi connectivity index (χ3v) is 6.15. The van der Waals surface area contributed by atoms with Crippen LogP contribution in [0.1, 0.15) is 22.3 Å². The van der Waals surface area contributed by atoms with Crippen LogP contribution in [0.3, 0.4) is 0 Å². The summed E-state index contributed by atoms with van der Waals surface area (Å²) in [5.41, 5.74) is 2.56. The second-order valence-electron chi connectivity index (χ2n) is 6.83. The second-order valence-corrected chi connectivity index (χ2v) is 8.27. The first-order valence-electron chi connectivity index (χ1n) is 8.62. The number of halogens is 2. The zero-order chi connectivity index (χ0) is 18.3. The molecule has 0 bridgehead atoms. The monoisotopic (exact) mass is 386 g/mol. The van der Waals surface area contributed by atoms with Crippen molar-refractivity contribution in [1.82, 2.24) is 4.98 Å². The number of fused-ring (bicyclic) bond motifs is 1. The molecule has 0 radical (unpaired) electrons. The van der Waals surface area contributed by atoms with Gasteiger partial charge < -0.3 is 10.1 Å². The van der Waals surface area contributed by atoms with Crippen molar-refractivity contribution in [2.75, 3.05) is 5.32 Å². The highest BCUT2D eigenvalue weighted by molar-refractivity contribution is 7.22. The van der Waals surface area contributed by atoms with Gasteiger partial charge in [-0.3, -0.25) is 0 Å². The van der Waals surface area contributed by atoms with Crippen molar-refractivity contribution in [3.8, 4) is 0 Å². The predicted octanol–water partition coefficient (Wildman–Crippen LogP) is 5.50. The summed E-state index contributed by atoms with van der Waals surface area (Å²) in [4.78, 5) is 17.3.